The van der Waals surface area contributed by atoms with E-state index in [0.29, 0.717) is 45.3 Å². The lowest BCUT2D eigenvalue weighted by Crippen LogP contribution is -2.72. The lowest BCUT2D eigenvalue weighted by Gasteiger charge is -2.50. The van der Waals surface area contributed by atoms with Gasteiger partial charge in [-0.1, -0.05) is 103 Å². The van der Waals surface area contributed by atoms with Crippen LogP contribution in [0.5, 0.6) is 0 Å². The molecule has 27 nitrogen and oxygen atoms in total. The Kier molecular flexibility index (Phi) is 36.3. The number of nitrogens with one attached hydrogen (secondary N) is 2. The first-order valence-corrected chi connectivity index (χ1v) is 38.4. The Morgan fingerprint density at radius 1 is 0.530 bits per heavy atom. The van der Waals surface area contributed by atoms with Gasteiger partial charge in [-0.05, 0) is 114 Å². The van der Waals surface area contributed by atoms with Gasteiger partial charge in [-0.2, -0.15) is 8.42 Å². The Bertz CT molecular complexity index is 2850. The predicted molar refractivity (Wildman–Crippen MR) is 381 cm³/mol. The number of amides is 9. The molecule has 0 spiro atoms. The van der Waals surface area contributed by atoms with E-state index in [1.165, 1.54) is 85.5 Å². The number of hydrogen-bond acceptors (Lipinski definition) is 18. The summed E-state index contributed by atoms with van der Waals surface area (Å²) < 4.78 is 40.1. The van der Waals surface area contributed by atoms with Gasteiger partial charge < -0.3 is 49.5 Å². The number of carbonyl (C=O) groups excluding carboxylic acids is 11. The van der Waals surface area contributed by atoms with E-state index in [4.69, 9.17) is 18.5 Å². The zero-order chi connectivity index (χ0) is 76.1. The van der Waals surface area contributed by atoms with Crippen LogP contribution in [-0.4, -0.2) is 274 Å². The number of carbonyl (C=O) groups is 11. The molecule has 14 atom stereocenters. The summed E-state index contributed by atoms with van der Waals surface area (Å²) in [6.45, 7) is 32.0. The smallest absolute Gasteiger partial charge is 0.270 e. The first-order chi connectivity index (χ1) is 46.5. The van der Waals surface area contributed by atoms with Crippen molar-refractivity contribution in [3.8, 4) is 0 Å². The Balaban J connectivity index is 2.29. The Labute approximate surface area is 598 Å². The van der Waals surface area contributed by atoms with Crippen molar-refractivity contribution in [3.05, 3.63) is 0 Å². The van der Waals surface area contributed by atoms with E-state index in [-0.39, 0.29) is 69.5 Å². The van der Waals surface area contributed by atoms with Crippen molar-refractivity contribution in [2.75, 3.05) is 94.6 Å². The first kappa shape index (κ1) is 88.5. The zero-order valence-electron chi connectivity index (χ0n) is 64.8. The van der Waals surface area contributed by atoms with Crippen LogP contribution in [0.4, 0.5) is 0 Å². The lowest BCUT2D eigenvalue weighted by molar-refractivity contribution is -0.322. The average molecular weight is 1440 g/mol. The van der Waals surface area contributed by atoms with E-state index in [0.717, 1.165) is 37.4 Å². The van der Waals surface area contributed by atoms with Gasteiger partial charge in [-0.15, -0.1) is 0 Å². The second-order valence-electron chi connectivity index (χ2n) is 30.5. The summed E-state index contributed by atoms with van der Waals surface area (Å²) in [6.07, 6.45) is 2.38. The molecule has 0 saturated carbocycles. The number of unbranched alkanes of at least 4 members (excludes halogenated alkanes) is 3. The maximum atomic E-state index is 15.3. The third-order valence-electron chi connectivity index (χ3n) is 20.0. The summed E-state index contributed by atoms with van der Waals surface area (Å²) in [4.78, 5) is 181. The van der Waals surface area contributed by atoms with Gasteiger partial charge in [0, 0.05) is 86.7 Å². The van der Waals surface area contributed by atoms with Gasteiger partial charge in [-0.3, -0.25) is 66.7 Å². The molecule has 0 aliphatic carbocycles. The molecular formula is C72H128N10O17S. The Morgan fingerprint density at radius 2 is 1.05 bits per heavy atom. The molecule has 0 unspecified atom stereocenters. The molecule has 3 saturated heterocycles. The Morgan fingerprint density at radius 3 is 1.58 bits per heavy atom. The second kappa shape index (κ2) is 41.0. The van der Waals surface area contributed by atoms with Crippen molar-refractivity contribution in [2.24, 2.45) is 47.3 Å². The van der Waals surface area contributed by atoms with Gasteiger partial charge in [0.2, 0.25) is 47.3 Å². The molecule has 0 radical (unpaired) electrons. The molecule has 3 rings (SSSR count). The maximum absolute atomic E-state index is 15.3. The number of Topliss-reactive ketones (excluding diaryl/α,β-unsaturated/α-hetero) is 2. The molecule has 9 amide bonds. The molecule has 574 valence electrons. The normalized spacial score (nSPS) is 27.9. The number of likely N-dealkylation sites (N-methyl/N-ethyl adjacent to an activating group) is 6. The van der Waals surface area contributed by atoms with E-state index in [1.54, 1.807) is 48.5 Å². The van der Waals surface area contributed by atoms with Crippen molar-refractivity contribution >= 4 is 74.8 Å². The Hall–Kier alpha value is -5.68. The summed E-state index contributed by atoms with van der Waals surface area (Å²) in [5, 5.41) is 6.56. The molecule has 3 heterocycles. The van der Waals surface area contributed by atoms with Gasteiger partial charge in [0.25, 0.3) is 16.0 Å². The average Bonchev–Trinajstić information content (AvgIpc) is 0.753. The van der Waals surface area contributed by atoms with Crippen molar-refractivity contribution in [2.45, 2.75) is 254 Å². The minimum atomic E-state index is -3.65. The molecule has 0 aromatic heterocycles. The number of morpholine rings is 1. The third-order valence-corrected chi connectivity index (χ3v) is 20.6. The molecule has 0 aromatic carbocycles. The highest BCUT2D eigenvalue weighted by Gasteiger charge is 2.55. The maximum Gasteiger partial charge on any atom is 0.270 e. The van der Waals surface area contributed by atoms with Crippen LogP contribution in [0.1, 0.15) is 188 Å². The largest absolute Gasteiger partial charge is 0.379 e. The lowest BCUT2D eigenvalue weighted by atomic mass is 9.85. The van der Waals surface area contributed by atoms with E-state index >= 15 is 33.6 Å². The van der Waals surface area contributed by atoms with Crippen LogP contribution >= 0.6 is 0 Å². The van der Waals surface area contributed by atoms with E-state index in [1.807, 2.05) is 48.5 Å². The van der Waals surface area contributed by atoms with Crippen LogP contribution in [0.3, 0.4) is 0 Å². The number of nitrogens with zero attached hydrogens (tertiary/aromatic N) is 8. The predicted octanol–water partition coefficient (Wildman–Crippen LogP) is 5.20. The minimum absolute atomic E-state index is 0.0209. The fourth-order valence-corrected chi connectivity index (χ4v) is 14.0. The van der Waals surface area contributed by atoms with Crippen LogP contribution < -0.4 is 10.6 Å². The van der Waals surface area contributed by atoms with Crippen LogP contribution in [0.25, 0.3) is 0 Å². The fraction of sp³-hybridized carbons (Fsp3) is 0.847. The molecule has 0 aromatic rings. The highest BCUT2D eigenvalue weighted by atomic mass is 32.2. The second-order valence-corrected chi connectivity index (χ2v) is 32.1. The van der Waals surface area contributed by atoms with Crippen molar-refractivity contribution < 1.29 is 79.7 Å². The van der Waals surface area contributed by atoms with Crippen LogP contribution in [0.2, 0.25) is 0 Å². The highest BCUT2D eigenvalue weighted by Crippen LogP contribution is 2.35. The van der Waals surface area contributed by atoms with Gasteiger partial charge in [-0.25, -0.2) is 5.06 Å². The first-order valence-electron chi connectivity index (χ1n) is 36.5. The number of fused-ring (bicyclic) bond motifs is 1. The van der Waals surface area contributed by atoms with E-state index in [9.17, 15) is 27.6 Å². The molecule has 2 N–H and O–H groups in total. The number of hydroxylamine groups is 2. The molecule has 100 heavy (non-hydrogen) atoms. The molecule has 3 aliphatic rings. The quantitative estimate of drug-likeness (QED) is 0.0926. The topological polar surface area (TPSA) is 309 Å². The summed E-state index contributed by atoms with van der Waals surface area (Å²) in [6, 6.07) is -11.0. The highest BCUT2D eigenvalue weighted by molar-refractivity contribution is 7.86. The molecular weight excluding hydrogens is 1310 g/mol. The van der Waals surface area contributed by atoms with Crippen molar-refractivity contribution in [3.63, 3.8) is 0 Å². The van der Waals surface area contributed by atoms with Crippen LogP contribution in [-0.2, 0) is 81.4 Å². The summed E-state index contributed by atoms with van der Waals surface area (Å²) in [5.74, 6) is -10.6. The van der Waals surface area contributed by atoms with E-state index < -0.39 is 171 Å². The van der Waals surface area contributed by atoms with Crippen LogP contribution in [0.15, 0.2) is 0 Å². The monoisotopic (exact) mass is 1440 g/mol. The minimum Gasteiger partial charge on any atom is -0.379 e. The molecule has 3 aliphatic heterocycles. The van der Waals surface area contributed by atoms with E-state index in [2.05, 4.69) is 15.5 Å². The van der Waals surface area contributed by atoms with Crippen molar-refractivity contribution in [1.29, 1.82) is 0 Å². The number of ether oxygens (including phenoxy) is 2. The number of hydrogen-bond donors (Lipinski definition) is 2. The molecule has 0 bridgehead atoms. The summed E-state index contributed by atoms with van der Waals surface area (Å²) in [7, 11) is 5.08. The van der Waals surface area contributed by atoms with Gasteiger partial charge in [0.1, 0.15) is 48.4 Å². The van der Waals surface area contributed by atoms with Gasteiger partial charge >= 0.3 is 0 Å². The third kappa shape index (κ3) is 25.3. The van der Waals surface area contributed by atoms with Crippen LogP contribution in [0, 0.1) is 47.3 Å². The fourth-order valence-electron chi connectivity index (χ4n) is 13.6. The molecule has 3 fully saturated rings. The zero-order valence-corrected chi connectivity index (χ0v) is 65.6. The number of ketones is 2. The van der Waals surface area contributed by atoms with Gasteiger partial charge in [0.05, 0.1) is 38.2 Å². The number of rotatable bonds is 24. The van der Waals surface area contributed by atoms with Gasteiger partial charge in [0.15, 0.2) is 17.6 Å². The summed E-state index contributed by atoms with van der Waals surface area (Å²) in [5.41, 5.74) is 0. The molecule has 28 heteroatoms. The van der Waals surface area contributed by atoms with Crippen molar-refractivity contribution in [1.82, 2.24) is 50.0 Å². The SMILES string of the molecule is CC[C@@H]1NC(=O)[C@@H]2[C@@H]([C@H](C)CCCCCOS(C)(=O)=O)ON2C(=O)[C@H](C(C)C)N(C)C(=O)[C@H](CC(C)C)N(C)C(=O)[C@H](CC(C)C)N(C)C(=O)[C@@H](C)NC(=O)[C@H](C)CC(=O)[C@H](CC(C)C)N(C)C(=O)[C@H](C(C)C)CC(=O)[C@H]([C@@H](C)OCCCCN2CCOCC2)N(C)C(=O)[C@@H](C)N(C)C1=O. The summed E-state index contributed by atoms with van der Waals surface area (Å²) >= 11 is 0. The standard InChI is InChI=1S/C72H128N10O17S/c1-24-54-69(90)75(17)51(15)67(88)80(22)61(52(16)97-34-29-27-31-81-32-36-96-37-33-81)59(84)42-53(46(8)9)68(89)76(18)55(38-43(2)3)58(83)41-49(13)64(85)73-50(14)66(87)77(19)56(39-44(4)5)70(91)78(20)57(40-45(6)7)71(92)79(21)60(47(10)11)72(93)82-62(65(86)74-54)63(99-82)48(12)30-26-25-28-35-98-100(23,94)95/h43-57,60-63H,24-42H2,1-23H3,(H,73,85)(H,74,86)/t48-,49-,50-,51-,52-,53+,54+,55+,56+,57+,60+,61+,62+,63-/m1/s1.